The zero-order valence-corrected chi connectivity index (χ0v) is 20.1. The van der Waals surface area contributed by atoms with Gasteiger partial charge in [-0.2, -0.15) is 0 Å². The molecule has 0 bridgehead atoms. The third kappa shape index (κ3) is 7.40. The van der Waals surface area contributed by atoms with Crippen LogP contribution in [-0.4, -0.2) is 39.4 Å². The molecule has 2 amide bonds. The maximum atomic E-state index is 13.1. The Morgan fingerprint density at radius 1 is 0.771 bits per heavy atom. The zero-order chi connectivity index (χ0) is 25.0. The molecule has 0 aliphatic rings. The number of carbonyl (C=O) groups excluding carboxylic acids is 2. The molecular weight excluding hydrogens is 448 g/mol. The minimum absolute atomic E-state index is 0.109. The van der Waals surface area contributed by atoms with Crippen LogP contribution in [0.2, 0.25) is 0 Å². The highest BCUT2D eigenvalue weighted by atomic mass is 16.5. The number of hydrogen-bond donors (Lipinski definition) is 2. The molecule has 0 aromatic heterocycles. The van der Waals surface area contributed by atoms with Crippen LogP contribution in [0.5, 0.6) is 17.2 Å². The number of benzene rings is 3. The molecular formula is C27H30N2O6. The molecule has 3 aromatic carbocycles. The molecule has 1 atom stereocenters. The van der Waals surface area contributed by atoms with Gasteiger partial charge in [0.2, 0.25) is 11.7 Å². The molecule has 0 heterocycles. The minimum Gasteiger partial charge on any atom is -0.493 e. The fourth-order valence-electron chi connectivity index (χ4n) is 3.52. The Hall–Kier alpha value is -4.20. The van der Waals surface area contributed by atoms with E-state index in [0.29, 0.717) is 23.7 Å². The monoisotopic (exact) mass is 478 g/mol. The summed E-state index contributed by atoms with van der Waals surface area (Å²) in [6, 6.07) is 21.5. The van der Waals surface area contributed by atoms with Gasteiger partial charge in [0.1, 0.15) is 12.6 Å². The molecule has 3 aromatic rings. The van der Waals surface area contributed by atoms with E-state index in [4.69, 9.17) is 18.9 Å². The van der Waals surface area contributed by atoms with E-state index in [0.717, 1.165) is 16.7 Å². The first-order chi connectivity index (χ1) is 17.0. The van der Waals surface area contributed by atoms with Gasteiger partial charge >= 0.3 is 6.09 Å². The van der Waals surface area contributed by atoms with Crippen molar-refractivity contribution < 1.29 is 28.5 Å². The summed E-state index contributed by atoms with van der Waals surface area (Å²) in [5.74, 6) is 1.09. The third-order valence-corrected chi connectivity index (χ3v) is 5.30. The van der Waals surface area contributed by atoms with Crippen LogP contribution in [0.1, 0.15) is 16.7 Å². The standard InChI is InChI=1S/C27H30N2O6/c1-32-23-15-21(16-24(33-2)25(23)34-3)17-28-26(30)22(14-19-10-6-4-7-11-19)29-27(31)35-18-20-12-8-5-9-13-20/h4-13,15-16,22H,14,17-18H2,1-3H3,(H,28,30)(H,29,31)/t22-/m1/s1. The van der Waals surface area contributed by atoms with Crippen molar-refractivity contribution in [3.63, 3.8) is 0 Å². The minimum atomic E-state index is -0.831. The smallest absolute Gasteiger partial charge is 0.408 e. The first kappa shape index (κ1) is 25.4. The Labute approximate surface area is 205 Å². The van der Waals surface area contributed by atoms with E-state index < -0.39 is 12.1 Å². The molecule has 2 N–H and O–H groups in total. The van der Waals surface area contributed by atoms with Crippen molar-refractivity contribution in [2.24, 2.45) is 0 Å². The lowest BCUT2D eigenvalue weighted by Crippen LogP contribution is -2.48. The molecule has 0 fully saturated rings. The summed E-state index contributed by atoms with van der Waals surface area (Å²) >= 11 is 0. The fourth-order valence-corrected chi connectivity index (χ4v) is 3.52. The van der Waals surface area contributed by atoms with Gasteiger partial charge in [0, 0.05) is 13.0 Å². The van der Waals surface area contributed by atoms with Gasteiger partial charge in [0.15, 0.2) is 11.5 Å². The van der Waals surface area contributed by atoms with E-state index in [2.05, 4.69) is 10.6 Å². The van der Waals surface area contributed by atoms with Crippen LogP contribution in [-0.2, 0) is 29.1 Å². The number of carbonyl (C=O) groups is 2. The van der Waals surface area contributed by atoms with Gasteiger partial charge in [0.25, 0.3) is 0 Å². The van der Waals surface area contributed by atoms with Crippen LogP contribution in [0, 0.1) is 0 Å². The average Bonchev–Trinajstić information content (AvgIpc) is 2.90. The molecule has 0 unspecified atom stereocenters. The Morgan fingerprint density at radius 3 is 1.89 bits per heavy atom. The van der Waals surface area contributed by atoms with E-state index in [1.54, 1.807) is 12.1 Å². The molecule has 0 spiro atoms. The second kappa shape index (κ2) is 12.9. The summed E-state index contributed by atoms with van der Waals surface area (Å²) in [5.41, 5.74) is 2.51. The highest BCUT2D eigenvalue weighted by Gasteiger charge is 2.22. The number of rotatable bonds is 11. The van der Waals surface area contributed by atoms with Crippen LogP contribution < -0.4 is 24.8 Å². The topological polar surface area (TPSA) is 95.1 Å². The van der Waals surface area contributed by atoms with Crippen molar-refractivity contribution in [1.82, 2.24) is 10.6 Å². The second-order valence-electron chi connectivity index (χ2n) is 7.70. The molecule has 0 saturated carbocycles. The zero-order valence-electron chi connectivity index (χ0n) is 20.1. The molecule has 3 rings (SSSR count). The third-order valence-electron chi connectivity index (χ3n) is 5.30. The molecule has 8 heteroatoms. The SMILES string of the molecule is COc1cc(CNC(=O)[C@@H](Cc2ccccc2)NC(=O)OCc2ccccc2)cc(OC)c1OC. The second-order valence-corrected chi connectivity index (χ2v) is 7.70. The van der Waals surface area contributed by atoms with Crippen molar-refractivity contribution in [3.05, 3.63) is 89.5 Å². The average molecular weight is 479 g/mol. The van der Waals surface area contributed by atoms with E-state index in [1.807, 2.05) is 60.7 Å². The normalized spacial score (nSPS) is 11.2. The number of ether oxygens (including phenoxy) is 4. The summed E-state index contributed by atoms with van der Waals surface area (Å²) in [6.07, 6.45) is -0.361. The number of amides is 2. The van der Waals surface area contributed by atoms with Gasteiger partial charge < -0.3 is 29.6 Å². The summed E-state index contributed by atoms with van der Waals surface area (Å²) in [4.78, 5) is 25.6. The Kier molecular flexibility index (Phi) is 9.36. The predicted octanol–water partition coefficient (Wildman–Crippen LogP) is 3.87. The molecule has 0 saturated heterocycles. The van der Waals surface area contributed by atoms with Crippen molar-refractivity contribution in [1.29, 1.82) is 0 Å². The van der Waals surface area contributed by atoms with E-state index >= 15 is 0 Å². The molecule has 0 aliphatic heterocycles. The Balaban J connectivity index is 1.68. The number of hydrogen-bond acceptors (Lipinski definition) is 6. The van der Waals surface area contributed by atoms with Crippen LogP contribution >= 0.6 is 0 Å². The molecule has 0 radical (unpaired) electrons. The van der Waals surface area contributed by atoms with Crippen LogP contribution in [0.4, 0.5) is 4.79 Å². The lowest BCUT2D eigenvalue weighted by molar-refractivity contribution is -0.123. The van der Waals surface area contributed by atoms with Gasteiger partial charge in [-0.3, -0.25) is 4.79 Å². The van der Waals surface area contributed by atoms with Crippen molar-refractivity contribution in [3.8, 4) is 17.2 Å². The van der Waals surface area contributed by atoms with Crippen molar-refractivity contribution in [2.75, 3.05) is 21.3 Å². The van der Waals surface area contributed by atoms with Gasteiger partial charge in [-0.25, -0.2) is 4.79 Å². The summed E-state index contributed by atoms with van der Waals surface area (Å²) in [7, 11) is 4.58. The van der Waals surface area contributed by atoms with Gasteiger partial charge in [0.05, 0.1) is 21.3 Å². The van der Waals surface area contributed by atoms with Crippen molar-refractivity contribution in [2.45, 2.75) is 25.6 Å². The Morgan fingerprint density at radius 2 is 1.34 bits per heavy atom. The molecule has 184 valence electrons. The van der Waals surface area contributed by atoms with E-state index in [9.17, 15) is 9.59 Å². The maximum absolute atomic E-state index is 13.1. The first-order valence-corrected chi connectivity index (χ1v) is 11.1. The Bertz CT molecular complexity index is 1080. The molecule has 35 heavy (non-hydrogen) atoms. The van der Waals surface area contributed by atoms with Crippen molar-refractivity contribution >= 4 is 12.0 Å². The quantitative estimate of drug-likeness (QED) is 0.435. The maximum Gasteiger partial charge on any atom is 0.408 e. The molecule has 0 aliphatic carbocycles. The van der Waals surface area contributed by atoms with Gasteiger partial charge in [-0.05, 0) is 28.8 Å². The number of alkyl carbamates (subject to hydrolysis) is 1. The predicted molar refractivity (Wildman–Crippen MR) is 132 cm³/mol. The summed E-state index contributed by atoms with van der Waals surface area (Å²) < 4.78 is 21.4. The number of methoxy groups -OCH3 is 3. The molecule has 8 nitrogen and oxygen atoms in total. The summed E-state index contributed by atoms with van der Waals surface area (Å²) in [5, 5.41) is 5.57. The fraction of sp³-hybridized carbons (Fsp3) is 0.259. The highest BCUT2D eigenvalue weighted by molar-refractivity contribution is 5.86. The van der Waals surface area contributed by atoms with Crippen LogP contribution in [0.15, 0.2) is 72.8 Å². The van der Waals surface area contributed by atoms with Crippen LogP contribution in [0.25, 0.3) is 0 Å². The van der Waals surface area contributed by atoms with E-state index in [-0.39, 0.29) is 19.1 Å². The first-order valence-electron chi connectivity index (χ1n) is 11.1. The lowest BCUT2D eigenvalue weighted by atomic mass is 10.1. The summed E-state index contributed by atoms with van der Waals surface area (Å²) in [6.45, 7) is 0.305. The largest absolute Gasteiger partial charge is 0.493 e. The van der Waals surface area contributed by atoms with E-state index in [1.165, 1.54) is 21.3 Å². The number of nitrogens with one attached hydrogen (secondary N) is 2. The van der Waals surface area contributed by atoms with Gasteiger partial charge in [-0.15, -0.1) is 0 Å². The van der Waals surface area contributed by atoms with Gasteiger partial charge in [-0.1, -0.05) is 60.7 Å². The lowest BCUT2D eigenvalue weighted by Gasteiger charge is -2.19. The van der Waals surface area contributed by atoms with Crippen LogP contribution in [0.3, 0.4) is 0 Å². The highest BCUT2D eigenvalue weighted by Crippen LogP contribution is 2.38.